The van der Waals surface area contributed by atoms with Crippen LogP contribution in [0.15, 0.2) is 0 Å². The van der Waals surface area contributed by atoms with Crippen molar-refractivity contribution in [2.45, 2.75) is 214 Å². The van der Waals surface area contributed by atoms with Gasteiger partial charge >= 0.3 is 0 Å². The summed E-state index contributed by atoms with van der Waals surface area (Å²) in [6.45, 7) is 9.63. The first-order chi connectivity index (χ1) is 17.2. The van der Waals surface area contributed by atoms with Gasteiger partial charge in [0.05, 0.1) is 0 Å². The minimum absolute atomic E-state index is 0.956. The van der Waals surface area contributed by atoms with Crippen molar-refractivity contribution in [3.05, 3.63) is 0 Å². The first-order valence-corrected chi connectivity index (χ1v) is 17.2. The summed E-state index contributed by atoms with van der Waals surface area (Å²) in [7, 11) is 0. The van der Waals surface area contributed by atoms with Gasteiger partial charge < -0.3 is 0 Å². The Labute approximate surface area is 225 Å². The molecule has 35 heavy (non-hydrogen) atoms. The van der Waals surface area contributed by atoms with Gasteiger partial charge in [-0.2, -0.15) is 0 Å². The Hall–Kier alpha value is 0. The molecule has 0 spiro atoms. The molecule has 212 valence electrons. The maximum Gasteiger partial charge on any atom is -0.0443 e. The van der Waals surface area contributed by atoms with Crippen LogP contribution in [0.25, 0.3) is 0 Å². The van der Waals surface area contributed by atoms with E-state index in [0.717, 1.165) is 11.8 Å². The van der Waals surface area contributed by atoms with Gasteiger partial charge in [-0.25, -0.2) is 0 Å². The second-order valence-electron chi connectivity index (χ2n) is 12.5. The van der Waals surface area contributed by atoms with E-state index in [2.05, 4.69) is 27.7 Å². The lowest BCUT2D eigenvalue weighted by Crippen LogP contribution is -1.99. The smallest absolute Gasteiger partial charge is 0.0443 e. The molecule has 0 N–H and O–H groups in total. The third-order valence-corrected chi connectivity index (χ3v) is 8.49. The fourth-order valence-electron chi connectivity index (χ4n) is 5.77. The largest absolute Gasteiger partial charge is 0.0654 e. The Bertz CT molecular complexity index is 325. The first kappa shape index (κ1) is 35.0. The van der Waals surface area contributed by atoms with Crippen LogP contribution < -0.4 is 0 Å². The van der Waals surface area contributed by atoms with E-state index in [0.29, 0.717) is 0 Å². The molecule has 0 aliphatic rings. The highest BCUT2D eigenvalue weighted by atomic mass is 14.1. The van der Waals surface area contributed by atoms with Crippen LogP contribution in [0.3, 0.4) is 0 Å². The molecule has 0 radical (unpaired) electrons. The van der Waals surface area contributed by atoms with E-state index in [1.54, 1.807) is 0 Å². The van der Waals surface area contributed by atoms with Crippen LogP contribution in [0.1, 0.15) is 214 Å². The van der Waals surface area contributed by atoms with E-state index in [1.165, 1.54) is 186 Å². The summed E-state index contributed by atoms with van der Waals surface area (Å²) >= 11 is 0. The number of rotatable bonds is 30. The van der Waals surface area contributed by atoms with Crippen molar-refractivity contribution in [1.82, 2.24) is 0 Å². The normalized spacial score (nSPS) is 13.4. The van der Waals surface area contributed by atoms with Crippen LogP contribution >= 0.6 is 0 Å². The summed E-state index contributed by atoms with van der Waals surface area (Å²) < 4.78 is 0. The standard InChI is InChI=1S/C35H72/c1-5-7-9-11-13-15-17-19-21-23-25-27-30-34(3)32-29-33-35(4)31-28-26-24-22-20-18-16-14-12-10-8-6-2/h34-35H,5-33H2,1-4H3/t34-,35-/m1/s1. The highest BCUT2D eigenvalue weighted by molar-refractivity contribution is 4.59. The van der Waals surface area contributed by atoms with Crippen molar-refractivity contribution in [1.29, 1.82) is 0 Å². The molecule has 0 bridgehead atoms. The zero-order valence-corrected chi connectivity index (χ0v) is 25.7. The highest BCUT2D eigenvalue weighted by Gasteiger charge is 2.06. The molecule has 0 aliphatic carbocycles. The van der Waals surface area contributed by atoms with Crippen LogP contribution in [0.2, 0.25) is 0 Å². The second-order valence-corrected chi connectivity index (χ2v) is 12.5. The van der Waals surface area contributed by atoms with Crippen molar-refractivity contribution < 1.29 is 0 Å². The van der Waals surface area contributed by atoms with Crippen molar-refractivity contribution in [2.24, 2.45) is 11.8 Å². The van der Waals surface area contributed by atoms with Crippen LogP contribution in [-0.2, 0) is 0 Å². The lowest BCUT2D eigenvalue weighted by Gasteiger charge is -2.14. The van der Waals surface area contributed by atoms with E-state index in [-0.39, 0.29) is 0 Å². The molecule has 2 atom stereocenters. The minimum Gasteiger partial charge on any atom is -0.0654 e. The van der Waals surface area contributed by atoms with Crippen LogP contribution in [0, 0.1) is 11.8 Å². The lowest BCUT2D eigenvalue weighted by molar-refractivity contribution is 0.390. The maximum atomic E-state index is 2.51. The zero-order chi connectivity index (χ0) is 25.7. The Kier molecular flexibility index (Phi) is 30.2. The van der Waals surface area contributed by atoms with Gasteiger partial charge in [0.2, 0.25) is 0 Å². The summed E-state index contributed by atoms with van der Waals surface area (Å²) in [5, 5.41) is 0. The van der Waals surface area contributed by atoms with E-state index < -0.39 is 0 Å². The van der Waals surface area contributed by atoms with Gasteiger partial charge in [0.25, 0.3) is 0 Å². The van der Waals surface area contributed by atoms with Crippen molar-refractivity contribution in [2.75, 3.05) is 0 Å². The average Bonchev–Trinajstić information content (AvgIpc) is 2.85. The SMILES string of the molecule is CCCCCCCCCCCCCC[C@@H](C)CCC[C@H](C)CCCCCCCCCCCCCC. The monoisotopic (exact) mass is 493 g/mol. The average molecular weight is 493 g/mol. The third-order valence-electron chi connectivity index (χ3n) is 8.49. The fraction of sp³-hybridized carbons (Fsp3) is 1.00. The Morgan fingerprint density at radius 2 is 0.457 bits per heavy atom. The van der Waals surface area contributed by atoms with Gasteiger partial charge in [0.1, 0.15) is 0 Å². The van der Waals surface area contributed by atoms with Gasteiger partial charge in [-0.1, -0.05) is 214 Å². The minimum atomic E-state index is 0.956. The van der Waals surface area contributed by atoms with E-state index >= 15 is 0 Å². The van der Waals surface area contributed by atoms with E-state index in [1.807, 2.05) is 0 Å². The quantitative estimate of drug-likeness (QED) is 0.0874. The molecule has 0 heterocycles. The van der Waals surface area contributed by atoms with Crippen LogP contribution in [-0.4, -0.2) is 0 Å². The van der Waals surface area contributed by atoms with Gasteiger partial charge in [0, 0.05) is 0 Å². The van der Waals surface area contributed by atoms with Crippen LogP contribution in [0.4, 0.5) is 0 Å². The molecule has 0 amide bonds. The van der Waals surface area contributed by atoms with Gasteiger partial charge in [-0.05, 0) is 11.8 Å². The summed E-state index contributed by atoms with van der Waals surface area (Å²) in [6, 6.07) is 0. The molecule has 0 rings (SSSR count). The molecule has 0 aromatic carbocycles. The number of hydrogen-bond donors (Lipinski definition) is 0. The molecule has 0 aliphatic heterocycles. The Morgan fingerprint density at radius 3 is 0.714 bits per heavy atom. The number of hydrogen-bond acceptors (Lipinski definition) is 0. The summed E-state index contributed by atoms with van der Waals surface area (Å²) in [6.07, 6.45) is 42.6. The molecule has 0 saturated heterocycles. The van der Waals surface area contributed by atoms with Gasteiger partial charge in [-0.3, -0.25) is 0 Å². The molecule has 0 heteroatoms. The topological polar surface area (TPSA) is 0 Å². The summed E-state index contributed by atoms with van der Waals surface area (Å²) in [5.41, 5.74) is 0. The number of unbranched alkanes of at least 4 members (excludes halogenated alkanes) is 22. The van der Waals surface area contributed by atoms with Crippen LogP contribution in [0.5, 0.6) is 0 Å². The van der Waals surface area contributed by atoms with Crippen molar-refractivity contribution in [3.8, 4) is 0 Å². The molecule has 0 fully saturated rings. The van der Waals surface area contributed by atoms with E-state index in [9.17, 15) is 0 Å². The molecule has 0 aromatic rings. The molecule has 0 saturated carbocycles. The van der Waals surface area contributed by atoms with Gasteiger partial charge in [0.15, 0.2) is 0 Å². The summed E-state index contributed by atoms with van der Waals surface area (Å²) in [5.74, 6) is 1.91. The Balaban J connectivity index is 3.27. The summed E-state index contributed by atoms with van der Waals surface area (Å²) in [4.78, 5) is 0. The molecule has 0 aromatic heterocycles. The van der Waals surface area contributed by atoms with Crippen molar-refractivity contribution >= 4 is 0 Å². The predicted molar refractivity (Wildman–Crippen MR) is 164 cm³/mol. The molecule has 0 unspecified atom stereocenters. The lowest BCUT2D eigenvalue weighted by atomic mass is 9.92. The maximum absolute atomic E-state index is 2.51. The second kappa shape index (κ2) is 30.2. The molecular weight excluding hydrogens is 420 g/mol. The highest BCUT2D eigenvalue weighted by Crippen LogP contribution is 2.22. The first-order valence-electron chi connectivity index (χ1n) is 17.2. The van der Waals surface area contributed by atoms with Gasteiger partial charge in [-0.15, -0.1) is 0 Å². The van der Waals surface area contributed by atoms with E-state index in [4.69, 9.17) is 0 Å². The zero-order valence-electron chi connectivity index (χ0n) is 25.7. The Morgan fingerprint density at radius 1 is 0.257 bits per heavy atom. The molecular formula is C35H72. The van der Waals surface area contributed by atoms with Crippen molar-refractivity contribution in [3.63, 3.8) is 0 Å². The molecule has 0 nitrogen and oxygen atoms in total. The predicted octanol–water partition coefficient (Wildman–Crippen LogP) is 13.6. The third kappa shape index (κ3) is 30.1. The fourth-order valence-corrected chi connectivity index (χ4v) is 5.77.